The van der Waals surface area contributed by atoms with E-state index in [1.54, 1.807) is 6.92 Å². The smallest absolute Gasteiger partial charge is 0.308 e. The standard InChI is InChI=1S/C11H20O2/c1-3-9-5-7-10(8-6-9)11(12)13-4-2/h9-10H,3-8H2,1-2H3/i1D3,3D2,9D. The number of carbonyl (C=O) groups excluding carboxylic acids is 1. The van der Waals surface area contributed by atoms with Crippen LogP contribution in [-0.2, 0) is 9.53 Å². The highest BCUT2D eigenvalue weighted by Gasteiger charge is 2.25. The van der Waals surface area contributed by atoms with Gasteiger partial charge >= 0.3 is 5.97 Å². The zero-order valence-electron chi connectivity index (χ0n) is 13.9. The van der Waals surface area contributed by atoms with Crippen LogP contribution >= 0.6 is 0 Å². The number of rotatable bonds is 3. The van der Waals surface area contributed by atoms with E-state index in [2.05, 4.69) is 0 Å². The van der Waals surface area contributed by atoms with Crippen LogP contribution in [-0.4, -0.2) is 12.6 Å². The van der Waals surface area contributed by atoms with Crippen LogP contribution in [0.2, 0.25) is 0 Å². The van der Waals surface area contributed by atoms with Gasteiger partial charge in [0.2, 0.25) is 0 Å². The molecule has 0 atom stereocenters. The summed E-state index contributed by atoms with van der Waals surface area (Å²) in [7, 11) is 0. The van der Waals surface area contributed by atoms with Gasteiger partial charge in [-0.05, 0) is 38.5 Å². The number of ether oxygens (including phenoxy) is 1. The van der Waals surface area contributed by atoms with Gasteiger partial charge in [-0.1, -0.05) is 13.2 Å². The predicted molar refractivity (Wildman–Crippen MR) is 52.4 cm³/mol. The maximum absolute atomic E-state index is 11.6. The predicted octanol–water partition coefficient (Wildman–Crippen LogP) is 2.77. The first-order valence-electron chi connectivity index (χ1n) is 7.72. The van der Waals surface area contributed by atoms with Crippen molar-refractivity contribution in [2.45, 2.75) is 45.8 Å². The molecule has 1 aliphatic carbocycles. The summed E-state index contributed by atoms with van der Waals surface area (Å²) < 4.78 is 50.2. The molecule has 1 saturated carbocycles. The van der Waals surface area contributed by atoms with Crippen molar-refractivity contribution in [3.63, 3.8) is 0 Å². The van der Waals surface area contributed by atoms with Gasteiger partial charge in [0.15, 0.2) is 0 Å². The van der Waals surface area contributed by atoms with Crippen molar-refractivity contribution < 1.29 is 17.8 Å². The topological polar surface area (TPSA) is 26.3 Å². The van der Waals surface area contributed by atoms with Crippen LogP contribution in [0.1, 0.15) is 54.1 Å². The van der Waals surface area contributed by atoms with Crippen LogP contribution in [0, 0.1) is 11.8 Å². The molecular weight excluding hydrogens is 164 g/mol. The molecule has 1 fully saturated rings. The normalized spacial score (nSPS) is 43.0. The summed E-state index contributed by atoms with van der Waals surface area (Å²) in [4.78, 5) is 11.6. The summed E-state index contributed by atoms with van der Waals surface area (Å²) in [6, 6.07) is 0. The third kappa shape index (κ3) is 3.02. The van der Waals surface area contributed by atoms with Crippen molar-refractivity contribution >= 4 is 5.97 Å². The highest BCUT2D eigenvalue weighted by Crippen LogP contribution is 2.31. The molecule has 0 heterocycles. The molecule has 0 aromatic rings. The Hall–Kier alpha value is -0.530. The first kappa shape index (κ1) is 4.81. The van der Waals surface area contributed by atoms with Crippen molar-refractivity contribution in [2.24, 2.45) is 11.8 Å². The van der Waals surface area contributed by atoms with Gasteiger partial charge in [0.1, 0.15) is 0 Å². The minimum Gasteiger partial charge on any atom is -0.466 e. The Labute approximate surface area is 89.1 Å². The number of esters is 1. The van der Waals surface area contributed by atoms with E-state index in [1.165, 1.54) is 0 Å². The van der Waals surface area contributed by atoms with E-state index in [-0.39, 0.29) is 31.3 Å². The lowest BCUT2D eigenvalue weighted by Gasteiger charge is -2.26. The molecular formula is C11H20O2. The van der Waals surface area contributed by atoms with Gasteiger partial charge in [-0.25, -0.2) is 0 Å². The zero-order chi connectivity index (χ0) is 14.9. The van der Waals surface area contributed by atoms with E-state index in [9.17, 15) is 4.79 Å². The van der Waals surface area contributed by atoms with Crippen molar-refractivity contribution in [3.05, 3.63) is 0 Å². The van der Waals surface area contributed by atoms with Gasteiger partial charge in [-0.15, -0.1) is 0 Å². The SMILES string of the molecule is [2H]C([2H])([2H])C([2H])([2H])C1([2H])CCC(C(=O)OCC)CC1. The monoisotopic (exact) mass is 190 g/mol. The minimum atomic E-state index is -2.83. The van der Waals surface area contributed by atoms with Gasteiger partial charge in [-0.2, -0.15) is 0 Å². The highest BCUT2D eigenvalue weighted by molar-refractivity contribution is 5.72. The Morgan fingerprint density at radius 3 is 2.85 bits per heavy atom. The molecule has 0 amide bonds. The fraction of sp³-hybridized carbons (Fsp3) is 0.909. The Morgan fingerprint density at radius 1 is 1.62 bits per heavy atom. The molecule has 2 heteroatoms. The fourth-order valence-electron chi connectivity index (χ4n) is 1.59. The molecule has 76 valence electrons. The van der Waals surface area contributed by atoms with Crippen LogP contribution < -0.4 is 0 Å². The molecule has 0 saturated heterocycles. The first-order valence-corrected chi connectivity index (χ1v) is 4.72. The van der Waals surface area contributed by atoms with E-state index in [0.717, 1.165) is 0 Å². The molecule has 0 aliphatic heterocycles. The summed E-state index contributed by atoms with van der Waals surface area (Å²) in [5, 5.41) is 0. The van der Waals surface area contributed by atoms with Crippen LogP contribution in [0.3, 0.4) is 0 Å². The molecule has 0 bridgehead atoms. The average Bonchev–Trinajstić information content (AvgIpc) is 2.28. The first-order chi connectivity index (χ1) is 8.55. The second-order valence-electron chi connectivity index (χ2n) is 3.25. The molecule has 0 aromatic carbocycles. The Bertz CT molecular complexity index is 331. The third-order valence-electron chi connectivity index (χ3n) is 2.39. The van der Waals surface area contributed by atoms with Crippen LogP contribution in [0.15, 0.2) is 0 Å². The maximum Gasteiger partial charge on any atom is 0.308 e. The zero-order valence-corrected chi connectivity index (χ0v) is 7.93. The second kappa shape index (κ2) is 5.25. The molecule has 0 aromatic heterocycles. The quantitative estimate of drug-likeness (QED) is 0.640. The molecule has 1 aliphatic rings. The van der Waals surface area contributed by atoms with E-state index in [1.807, 2.05) is 0 Å². The van der Waals surface area contributed by atoms with Gasteiger partial charge in [0.05, 0.1) is 12.5 Å². The summed E-state index contributed by atoms with van der Waals surface area (Å²) in [6.45, 7) is -0.828. The van der Waals surface area contributed by atoms with E-state index in [0.29, 0.717) is 12.8 Å². The second-order valence-corrected chi connectivity index (χ2v) is 3.25. The van der Waals surface area contributed by atoms with Gasteiger partial charge < -0.3 is 4.74 Å². The number of hydrogen-bond acceptors (Lipinski definition) is 2. The van der Waals surface area contributed by atoms with Crippen molar-refractivity contribution in [3.8, 4) is 0 Å². The van der Waals surface area contributed by atoms with E-state index >= 15 is 0 Å². The van der Waals surface area contributed by atoms with Crippen molar-refractivity contribution in [1.29, 1.82) is 0 Å². The molecule has 0 N–H and O–H groups in total. The van der Waals surface area contributed by atoms with Gasteiger partial charge in [0, 0.05) is 8.22 Å². The molecule has 2 nitrogen and oxygen atoms in total. The molecule has 0 spiro atoms. The van der Waals surface area contributed by atoms with Gasteiger partial charge in [-0.3, -0.25) is 4.79 Å². The lowest BCUT2D eigenvalue weighted by Crippen LogP contribution is -2.23. The molecule has 13 heavy (non-hydrogen) atoms. The van der Waals surface area contributed by atoms with Crippen LogP contribution in [0.4, 0.5) is 0 Å². The Morgan fingerprint density at radius 2 is 2.31 bits per heavy atom. The Kier molecular flexibility index (Phi) is 1.94. The summed E-state index contributed by atoms with van der Waals surface area (Å²) in [5.41, 5.74) is 0. The fourth-order valence-corrected chi connectivity index (χ4v) is 1.59. The summed E-state index contributed by atoms with van der Waals surface area (Å²) in [6.07, 6.45) is -1.85. The van der Waals surface area contributed by atoms with E-state index < -0.39 is 19.1 Å². The molecule has 0 radical (unpaired) electrons. The van der Waals surface area contributed by atoms with Gasteiger partial charge in [0.25, 0.3) is 0 Å². The van der Waals surface area contributed by atoms with Crippen LogP contribution in [0.25, 0.3) is 0 Å². The van der Waals surface area contributed by atoms with Crippen molar-refractivity contribution in [2.75, 3.05) is 6.61 Å². The van der Waals surface area contributed by atoms with E-state index in [4.69, 9.17) is 13.0 Å². The average molecular weight is 190 g/mol. The van der Waals surface area contributed by atoms with Crippen LogP contribution in [0.5, 0.6) is 0 Å². The maximum atomic E-state index is 11.6. The largest absolute Gasteiger partial charge is 0.466 e. The molecule has 1 rings (SSSR count). The lowest BCUT2D eigenvalue weighted by atomic mass is 9.81. The lowest BCUT2D eigenvalue weighted by molar-refractivity contribution is -0.149. The third-order valence-corrected chi connectivity index (χ3v) is 2.39. The highest BCUT2D eigenvalue weighted by atomic mass is 16.5. The Balaban J connectivity index is 2.74. The molecule has 0 unspecified atom stereocenters. The minimum absolute atomic E-state index is 0.0574. The summed E-state index contributed by atoms with van der Waals surface area (Å²) in [5.74, 6) is -2.34. The summed E-state index contributed by atoms with van der Waals surface area (Å²) >= 11 is 0. The number of hydrogen-bond donors (Lipinski definition) is 0. The number of carbonyl (C=O) groups is 1. The van der Waals surface area contributed by atoms with Crippen molar-refractivity contribution in [1.82, 2.24) is 0 Å².